The first-order chi connectivity index (χ1) is 21.1. The van der Waals surface area contributed by atoms with Crippen LogP contribution in [0.3, 0.4) is 0 Å². The van der Waals surface area contributed by atoms with Crippen LogP contribution in [0, 0.1) is 0 Å². The molecule has 0 unspecified atom stereocenters. The summed E-state index contributed by atoms with van der Waals surface area (Å²) in [4.78, 5) is 9.00. The average molecular weight is 599 g/mol. The minimum atomic E-state index is -0.833. The number of benzene rings is 6. The van der Waals surface area contributed by atoms with Crippen molar-refractivity contribution in [1.82, 2.24) is 0 Å². The SMILES string of the molecule is CC(=O)O.c1ccc(P(c2ccccc2)c2ccccc2Oc2ccccc2P(c2ccccc2)c2ccccc2)cc1. The van der Waals surface area contributed by atoms with Crippen molar-refractivity contribution in [2.75, 3.05) is 0 Å². The molecule has 0 radical (unpaired) electrons. The number of ether oxygens (including phenoxy) is 1. The monoisotopic (exact) mass is 598 g/mol. The van der Waals surface area contributed by atoms with Crippen LogP contribution in [0.2, 0.25) is 0 Å². The highest BCUT2D eigenvalue weighted by Crippen LogP contribution is 2.40. The highest BCUT2D eigenvalue weighted by Gasteiger charge is 2.23. The maximum absolute atomic E-state index is 9.00. The van der Waals surface area contributed by atoms with Gasteiger partial charge in [-0.1, -0.05) is 158 Å². The molecular weight excluding hydrogens is 566 g/mol. The van der Waals surface area contributed by atoms with Crippen LogP contribution in [0.5, 0.6) is 11.5 Å². The van der Waals surface area contributed by atoms with E-state index in [-0.39, 0.29) is 0 Å². The molecule has 0 atom stereocenters. The van der Waals surface area contributed by atoms with E-state index in [0.29, 0.717) is 0 Å². The van der Waals surface area contributed by atoms with Gasteiger partial charge in [0.1, 0.15) is 11.5 Å². The molecule has 212 valence electrons. The smallest absolute Gasteiger partial charge is 0.300 e. The molecule has 0 aliphatic heterocycles. The summed E-state index contributed by atoms with van der Waals surface area (Å²) >= 11 is 0. The van der Waals surface area contributed by atoms with E-state index < -0.39 is 21.8 Å². The highest BCUT2D eigenvalue weighted by atomic mass is 31.1. The van der Waals surface area contributed by atoms with E-state index in [4.69, 9.17) is 14.6 Å². The van der Waals surface area contributed by atoms with Crippen LogP contribution in [-0.4, -0.2) is 11.1 Å². The van der Waals surface area contributed by atoms with Crippen LogP contribution in [0.4, 0.5) is 0 Å². The lowest BCUT2D eigenvalue weighted by Gasteiger charge is -2.25. The van der Waals surface area contributed by atoms with Gasteiger partial charge in [0.05, 0.1) is 0 Å². The zero-order chi connectivity index (χ0) is 29.9. The maximum atomic E-state index is 9.00. The van der Waals surface area contributed by atoms with Crippen LogP contribution < -0.4 is 36.6 Å². The van der Waals surface area contributed by atoms with Gasteiger partial charge in [0.2, 0.25) is 0 Å². The van der Waals surface area contributed by atoms with E-state index in [1.165, 1.54) is 31.8 Å². The Bertz CT molecular complexity index is 1520. The third-order valence-electron chi connectivity index (χ3n) is 6.49. The molecule has 0 spiro atoms. The molecule has 0 saturated carbocycles. The molecule has 0 aromatic heterocycles. The number of carboxylic acids is 1. The van der Waals surface area contributed by atoms with Crippen molar-refractivity contribution in [3.8, 4) is 11.5 Å². The Hall–Kier alpha value is -4.55. The number of hydrogen-bond acceptors (Lipinski definition) is 2. The van der Waals surface area contributed by atoms with Crippen molar-refractivity contribution in [1.29, 1.82) is 0 Å². The molecule has 0 saturated heterocycles. The van der Waals surface area contributed by atoms with E-state index >= 15 is 0 Å². The summed E-state index contributed by atoms with van der Waals surface area (Å²) < 4.78 is 6.92. The largest absolute Gasteiger partial charge is 0.481 e. The summed E-state index contributed by atoms with van der Waals surface area (Å²) in [5, 5.41) is 15.1. The Morgan fingerprint density at radius 2 is 0.674 bits per heavy atom. The first kappa shape index (κ1) is 29.9. The van der Waals surface area contributed by atoms with E-state index in [9.17, 15) is 0 Å². The number of para-hydroxylation sites is 2. The average Bonchev–Trinajstić information content (AvgIpc) is 3.05. The fraction of sp³-hybridized carbons (Fsp3) is 0.0263. The van der Waals surface area contributed by atoms with Gasteiger partial charge in [-0.2, -0.15) is 0 Å². The van der Waals surface area contributed by atoms with E-state index in [2.05, 4.69) is 170 Å². The summed E-state index contributed by atoms with van der Waals surface area (Å²) in [5.74, 6) is 0.972. The zero-order valence-electron chi connectivity index (χ0n) is 23.8. The molecule has 43 heavy (non-hydrogen) atoms. The minimum absolute atomic E-state index is 0.795. The number of aliphatic carboxylic acids is 1. The van der Waals surface area contributed by atoms with Crippen LogP contribution in [-0.2, 0) is 4.79 Å². The van der Waals surface area contributed by atoms with Crippen molar-refractivity contribution >= 4 is 53.6 Å². The van der Waals surface area contributed by atoms with Gasteiger partial charge >= 0.3 is 0 Å². The Labute approximate surface area is 256 Å². The normalized spacial score (nSPS) is 10.6. The molecule has 0 amide bonds. The lowest BCUT2D eigenvalue weighted by molar-refractivity contribution is -0.134. The van der Waals surface area contributed by atoms with Crippen molar-refractivity contribution in [3.05, 3.63) is 170 Å². The van der Waals surface area contributed by atoms with Crippen LogP contribution in [0.15, 0.2) is 170 Å². The van der Waals surface area contributed by atoms with Crippen molar-refractivity contribution < 1.29 is 14.6 Å². The summed E-state index contributed by atoms with van der Waals surface area (Å²) in [6.07, 6.45) is 0. The van der Waals surface area contributed by atoms with Gasteiger partial charge in [0, 0.05) is 17.5 Å². The van der Waals surface area contributed by atoms with Gasteiger partial charge in [-0.25, -0.2) is 0 Å². The van der Waals surface area contributed by atoms with Gasteiger partial charge in [0.15, 0.2) is 0 Å². The standard InChI is InChI=1S/C36H28OP2.C2H4O2/c1-5-17-29(18-6-1)38(30-19-7-2-8-20-30)35-27-15-13-25-33(35)37-34-26-14-16-28-36(34)39(31-21-9-3-10-22-31)32-23-11-4-12-24-32;1-2(3)4/h1-28H;1H3,(H,3,4). The second-order valence-corrected chi connectivity index (χ2v) is 13.9. The topological polar surface area (TPSA) is 46.5 Å². The molecule has 6 rings (SSSR count). The third-order valence-corrected chi connectivity index (χ3v) is 11.5. The first-order valence-corrected chi connectivity index (χ1v) is 16.7. The first-order valence-electron chi connectivity index (χ1n) is 14.0. The molecule has 5 heteroatoms. The highest BCUT2D eigenvalue weighted by molar-refractivity contribution is 7.80. The molecule has 0 fully saturated rings. The Morgan fingerprint density at radius 1 is 0.442 bits per heavy atom. The van der Waals surface area contributed by atoms with Crippen molar-refractivity contribution in [2.24, 2.45) is 0 Å². The Morgan fingerprint density at radius 3 is 0.953 bits per heavy atom. The predicted octanol–water partition coefficient (Wildman–Crippen LogP) is 7.09. The van der Waals surface area contributed by atoms with Crippen LogP contribution in [0.1, 0.15) is 6.92 Å². The van der Waals surface area contributed by atoms with Gasteiger partial charge in [-0.05, 0) is 49.2 Å². The lowest BCUT2D eigenvalue weighted by atomic mass is 10.3. The van der Waals surface area contributed by atoms with Crippen LogP contribution in [0.25, 0.3) is 0 Å². The maximum Gasteiger partial charge on any atom is 0.300 e. The second-order valence-electron chi connectivity index (χ2n) is 9.57. The number of hydrogen-bond donors (Lipinski definition) is 1. The van der Waals surface area contributed by atoms with Gasteiger partial charge in [0.25, 0.3) is 5.97 Å². The van der Waals surface area contributed by atoms with Crippen molar-refractivity contribution in [2.45, 2.75) is 6.92 Å². The summed E-state index contributed by atoms with van der Waals surface area (Å²) in [6.45, 7) is 1.08. The van der Waals surface area contributed by atoms with Gasteiger partial charge in [-0.3, -0.25) is 4.79 Å². The molecule has 0 aliphatic rings. The van der Waals surface area contributed by atoms with Crippen LogP contribution >= 0.6 is 15.8 Å². The summed E-state index contributed by atoms with van der Waals surface area (Å²) in [5.41, 5.74) is 0. The number of carboxylic acid groups (broad SMARTS) is 1. The zero-order valence-corrected chi connectivity index (χ0v) is 25.6. The minimum Gasteiger partial charge on any atom is -0.481 e. The van der Waals surface area contributed by atoms with Gasteiger partial charge < -0.3 is 9.84 Å². The molecule has 0 bridgehead atoms. The quantitative estimate of drug-likeness (QED) is 0.191. The fourth-order valence-electron chi connectivity index (χ4n) is 4.74. The van der Waals surface area contributed by atoms with Crippen molar-refractivity contribution in [3.63, 3.8) is 0 Å². The van der Waals surface area contributed by atoms with E-state index in [1.807, 2.05) is 0 Å². The molecule has 3 nitrogen and oxygen atoms in total. The van der Waals surface area contributed by atoms with E-state index in [1.54, 1.807) is 0 Å². The lowest BCUT2D eigenvalue weighted by Crippen LogP contribution is -2.23. The molecule has 0 aliphatic carbocycles. The molecule has 6 aromatic rings. The second kappa shape index (κ2) is 15.1. The number of carbonyl (C=O) groups is 1. The predicted molar refractivity (Wildman–Crippen MR) is 184 cm³/mol. The Balaban J connectivity index is 0.000000868. The summed E-state index contributed by atoms with van der Waals surface area (Å²) in [6, 6.07) is 60.2. The number of rotatable bonds is 8. The summed E-state index contributed by atoms with van der Waals surface area (Å²) in [7, 11) is -1.59. The van der Waals surface area contributed by atoms with Gasteiger partial charge in [-0.15, -0.1) is 0 Å². The fourth-order valence-corrected chi connectivity index (χ4v) is 9.48. The van der Waals surface area contributed by atoms with E-state index in [0.717, 1.165) is 18.4 Å². The third kappa shape index (κ3) is 7.85. The Kier molecular flexibility index (Phi) is 10.5. The molecule has 1 N–H and O–H groups in total. The molecular formula is C38H32O3P2. The molecule has 0 heterocycles. The molecule has 6 aromatic carbocycles.